The third-order valence-electron chi connectivity index (χ3n) is 3.96. The number of carbonyl (C=O) groups is 1. The summed E-state index contributed by atoms with van der Waals surface area (Å²) in [5, 5.41) is 12.2. The molecule has 27 heavy (non-hydrogen) atoms. The highest BCUT2D eigenvalue weighted by molar-refractivity contribution is 7.99. The Morgan fingerprint density at radius 1 is 1.26 bits per heavy atom. The summed E-state index contributed by atoms with van der Waals surface area (Å²) in [7, 11) is 1.60. The first-order chi connectivity index (χ1) is 13.2. The normalized spacial score (nSPS) is 10.9. The van der Waals surface area contributed by atoms with E-state index in [-0.39, 0.29) is 11.7 Å². The van der Waals surface area contributed by atoms with Crippen LogP contribution in [0.5, 0.6) is 0 Å². The molecule has 3 rings (SSSR count). The van der Waals surface area contributed by atoms with Gasteiger partial charge in [-0.3, -0.25) is 9.36 Å². The van der Waals surface area contributed by atoms with Crippen LogP contribution in [0.3, 0.4) is 0 Å². The standard InChI is InChI=1S/C19H22N4O3S/c1-14-16(8-10-26-14)18-21-22-19(27-13-17(24)20-9-11-25-2)23(18)12-15-6-4-3-5-7-15/h3-8,10H,9,11-13H2,1-2H3,(H,20,24). The van der Waals surface area contributed by atoms with Gasteiger partial charge in [0.1, 0.15) is 5.76 Å². The van der Waals surface area contributed by atoms with E-state index < -0.39 is 0 Å². The SMILES string of the molecule is COCCNC(=O)CSc1nnc(-c2ccoc2C)n1Cc1ccccc1. The van der Waals surface area contributed by atoms with Gasteiger partial charge >= 0.3 is 0 Å². The molecule has 0 fully saturated rings. The highest BCUT2D eigenvalue weighted by Gasteiger charge is 2.18. The number of rotatable bonds is 9. The molecule has 0 unspecified atom stereocenters. The highest BCUT2D eigenvalue weighted by Crippen LogP contribution is 2.27. The molecule has 2 heterocycles. The van der Waals surface area contributed by atoms with Crippen molar-refractivity contribution < 1.29 is 13.9 Å². The van der Waals surface area contributed by atoms with Gasteiger partial charge in [0.05, 0.1) is 30.7 Å². The van der Waals surface area contributed by atoms with Gasteiger partial charge < -0.3 is 14.5 Å². The number of amides is 1. The van der Waals surface area contributed by atoms with Crippen LogP contribution in [0.1, 0.15) is 11.3 Å². The molecule has 0 radical (unpaired) electrons. The van der Waals surface area contributed by atoms with Gasteiger partial charge in [0.15, 0.2) is 11.0 Å². The quantitative estimate of drug-likeness (QED) is 0.450. The number of aryl methyl sites for hydroxylation is 1. The molecule has 0 saturated heterocycles. The Morgan fingerprint density at radius 3 is 2.78 bits per heavy atom. The molecule has 3 aromatic rings. The smallest absolute Gasteiger partial charge is 0.230 e. The number of hydrogen-bond donors (Lipinski definition) is 1. The number of methoxy groups -OCH3 is 1. The van der Waals surface area contributed by atoms with E-state index in [2.05, 4.69) is 27.6 Å². The molecule has 0 bridgehead atoms. The second kappa shape index (κ2) is 9.38. The zero-order valence-electron chi connectivity index (χ0n) is 15.3. The lowest BCUT2D eigenvalue weighted by Gasteiger charge is -2.10. The Morgan fingerprint density at radius 2 is 2.07 bits per heavy atom. The van der Waals surface area contributed by atoms with Gasteiger partial charge in [-0.05, 0) is 18.6 Å². The van der Waals surface area contributed by atoms with E-state index in [4.69, 9.17) is 9.15 Å². The van der Waals surface area contributed by atoms with Crippen LogP contribution >= 0.6 is 11.8 Å². The second-order valence-corrected chi connectivity index (χ2v) is 6.84. The first kappa shape index (κ1) is 19.2. The van der Waals surface area contributed by atoms with Crippen molar-refractivity contribution >= 4 is 17.7 Å². The Balaban J connectivity index is 1.80. The maximum Gasteiger partial charge on any atom is 0.230 e. The maximum atomic E-state index is 12.0. The molecule has 2 aromatic heterocycles. The summed E-state index contributed by atoms with van der Waals surface area (Å²) in [6.07, 6.45) is 1.64. The van der Waals surface area contributed by atoms with Crippen molar-refractivity contribution in [2.45, 2.75) is 18.6 Å². The summed E-state index contributed by atoms with van der Waals surface area (Å²) in [5.41, 5.74) is 2.03. The predicted molar refractivity (Wildman–Crippen MR) is 104 cm³/mol. The minimum Gasteiger partial charge on any atom is -0.469 e. The van der Waals surface area contributed by atoms with Crippen molar-refractivity contribution in [2.24, 2.45) is 0 Å². The van der Waals surface area contributed by atoms with Crippen LogP contribution in [0.2, 0.25) is 0 Å². The van der Waals surface area contributed by atoms with Crippen LogP contribution in [0.15, 0.2) is 52.2 Å². The number of thioether (sulfide) groups is 1. The number of furan rings is 1. The molecule has 8 heteroatoms. The highest BCUT2D eigenvalue weighted by atomic mass is 32.2. The first-order valence-electron chi connectivity index (χ1n) is 8.59. The second-order valence-electron chi connectivity index (χ2n) is 5.90. The summed E-state index contributed by atoms with van der Waals surface area (Å²) in [5.74, 6) is 1.71. The van der Waals surface area contributed by atoms with Crippen LogP contribution < -0.4 is 5.32 Å². The Bertz CT molecular complexity index is 876. The topological polar surface area (TPSA) is 82.2 Å². The minimum absolute atomic E-state index is 0.0626. The third-order valence-corrected chi connectivity index (χ3v) is 4.93. The lowest BCUT2D eigenvalue weighted by Crippen LogP contribution is -2.28. The Kier molecular flexibility index (Phi) is 6.67. The van der Waals surface area contributed by atoms with Gasteiger partial charge in [-0.1, -0.05) is 42.1 Å². The van der Waals surface area contributed by atoms with Gasteiger partial charge in [-0.2, -0.15) is 0 Å². The van der Waals surface area contributed by atoms with Crippen molar-refractivity contribution in [1.82, 2.24) is 20.1 Å². The van der Waals surface area contributed by atoms with Crippen LogP contribution in [0.25, 0.3) is 11.4 Å². The zero-order valence-corrected chi connectivity index (χ0v) is 16.2. The lowest BCUT2D eigenvalue weighted by atomic mass is 10.2. The van der Waals surface area contributed by atoms with Gasteiger partial charge in [-0.25, -0.2) is 0 Å². The largest absolute Gasteiger partial charge is 0.469 e. The summed E-state index contributed by atoms with van der Waals surface area (Å²) in [6.45, 7) is 3.49. The van der Waals surface area contributed by atoms with E-state index in [1.807, 2.05) is 35.8 Å². The molecule has 7 nitrogen and oxygen atoms in total. The fourth-order valence-corrected chi connectivity index (χ4v) is 3.36. The van der Waals surface area contributed by atoms with Gasteiger partial charge in [0, 0.05) is 13.7 Å². The molecule has 0 saturated carbocycles. The van der Waals surface area contributed by atoms with Crippen molar-refractivity contribution in [3.05, 3.63) is 54.0 Å². The molecule has 1 aromatic carbocycles. The fraction of sp³-hybridized carbons (Fsp3) is 0.316. The summed E-state index contributed by atoms with van der Waals surface area (Å²) in [6, 6.07) is 12.0. The fourth-order valence-electron chi connectivity index (χ4n) is 2.59. The van der Waals surface area contributed by atoms with E-state index in [0.717, 1.165) is 22.7 Å². The number of nitrogens with zero attached hydrogens (tertiary/aromatic N) is 3. The molecule has 142 valence electrons. The molecule has 0 aliphatic carbocycles. The summed E-state index contributed by atoms with van der Waals surface area (Å²) >= 11 is 1.36. The van der Waals surface area contributed by atoms with Gasteiger partial charge in [0.25, 0.3) is 0 Å². The van der Waals surface area contributed by atoms with E-state index in [9.17, 15) is 4.79 Å². The van der Waals surface area contributed by atoms with Crippen molar-refractivity contribution in [3.8, 4) is 11.4 Å². The number of benzene rings is 1. The summed E-state index contributed by atoms with van der Waals surface area (Å²) in [4.78, 5) is 12.0. The molecule has 0 atom stereocenters. The molecular weight excluding hydrogens is 364 g/mol. The van der Waals surface area contributed by atoms with Crippen molar-refractivity contribution in [1.29, 1.82) is 0 Å². The average molecular weight is 386 g/mol. The molecular formula is C19H22N4O3S. The minimum atomic E-state index is -0.0626. The average Bonchev–Trinajstić information content (AvgIpc) is 3.27. The van der Waals surface area contributed by atoms with Crippen LogP contribution in [-0.4, -0.2) is 46.7 Å². The molecule has 1 N–H and O–H groups in total. The molecule has 0 spiro atoms. The predicted octanol–water partition coefficient (Wildman–Crippen LogP) is 2.75. The number of aromatic nitrogens is 3. The third kappa shape index (κ3) is 4.99. The zero-order chi connectivity index (χ0) is 19.1. The van der Waals surface area contributed by atoms with E-state index in [0.29, 0.717) is 24.9 Å². The van der Waals surface area contributed by atoms with Crippen molar-refractivity contribution in [3.63, 3.8) is 0 Å². The van der Waals surface area contributed by atoms with Crippen LogP contribution in [-0.2, 0) is 16.1 Å². The lowest BCUT2D eigenvalue weighted by molar-refractivity contribution is -0.118. The van der Waals surface area contributed by atoms with Crippen molar-refractivity contribution in [2.75, 3.05) is 26.0 Å². The number of ether oxygens (including phenoxy) is 1. The first-order valence-corrected chi connectivity index (χ1v) is 9.57. The van der Waals surface area contributed by atoms with E-state index in [1.165, 1.54) is 11.8 Å². The Hall–Kier alpha value is -2.58. The number of hydrogen-bond acceptors (Lipinski definition) is 6. The van der Waals surface area contributed by atoms with Gasteiger partial charge in [0.2, 0.25) is 5.91 Å². The number of carbonyl (C=O) groups excluding carboxylic acids is 1. The molecule has 0 aliphatic rings. The van der Waals surface area contributed by atoms with Crippen LogP contribution in [0.4, 0.5) is 0 Å². The number of nitrogens with one attached hydrogen (secondary N) is 1. The van der Waals surface area contributed by atoms with Gasteiger partial charge in [-0.15, -0.1) is 10.2 Å². The summed E-state index contributed by atoms with van der Waals surface area (Å²) < 4.78 is 12.4. The maximum absolute atomic E-state index is 12.0. The molecule has 1 amide bonds. The Labute approximate surface area is 162 Å². The van der Waals surface area contributed by atoms with Crippen LogP contribution in [0, 0.1) is 6.92 Å². The van der Waals surface area contributed by atoms with E-state index in [1.54, 1.807) is 13.4 Å². The molecule has 0 aliphatic heterocycles. The van der Waals surface area contributed by atoms with E-state index >= 15 is 0 Å². The monoisotopic (exact) mass is 386 g/mol.